The highest BCUT2D eigenvalue weighted by Crippen LogP contribution is 2.29. The molecule has 6 heteroatoms. The second kappa shape index (κ2) is 9.47. The summed E-state index contributed by atoms with van der Waals surface area (Å²) in [5, 5.41) is 0.615. The summed E-state index contributed by atoms with van der Waals surface area (Å²) in [5.74, 6) is 1.40. The second-order valence-electron chi connectivity index (χ2n) is 8.34. The minimum Gasteiger partial charge on any atom is -0.489 e. The summed E-state index contributed by atoms with van der Waals surface area (Å²) in [7, 11) is 0. The highest BCUT2D eigenvalue weighted by molar-refractivity contribution is 6.30. The SMILES string of the molecule is O=C(c1ccc(Cl)cc1OC1CCN(C[C@H]2CCOC2)CC1)N1CCCCC1. The van der Waals surface area contributed by atoms with E-state index in [1.807, 2.05) is 11.0 Å². The normalized spacial score (nSPS) is 24.5. The van der Waals surface area contributed by atoms with Crippen LogP contribution in [0.3, 0.4) is 0 Å². The molecule has 0 unspecified atom stereocenters. The molecule has 5 nitrogen and oxygen atoms in total. The van der Waals surface area contributed by atoms with E-state index < -0.39 is 0 Å². The van der Waals surface area contributed by atoms with E-state index >= 15 is 0 Å². The third-order valence-corrected chi connectivity index (χ3v) is 6.42. The molecule has 4 rings (SSSR count). The van der Waals surface area contributed by atoms with Crippen LogP contribution in [-0.2, 0) is 4.74 Å². The Hall–Kier alpha value is -1.30. The average molecular weight is 407 g/mol. The molecule has 3 aliphatic rings. The fourth-order valence-corrected chi connectivity index (χ4v) is 4.68. The van der Waals surface area contributed by atoms with Gasteiger partial charge in [0.1, 0.15) is 11.9 Å². The van der Waals surface area contributed by atoms with Gasteiger partial charge in [-0.1, -0.05) is 11.6 Å². The Morgan fingerprint density at radius 2 is 1.89 bits per heavy atom. The predicted molar refractivity (Wildman–Crippen MR) is 110 cm³/mol. The monoisotopic (exact) mass is 406 g/mol. The molecule has 0 aromatic heterocycles. The average Bonchev–Trinajstić information content (AvgIpc) is 3.23. The number of ether oxygens (including phenoxy) is 2. The Morgan fingerprint density at radius 1 is 1.11 bits per heavy atom. The topological polar surface area (TPSA) is 42.0 Å². The zero-order valence-corrected chi connectivity index (χ0v) is 17.3. The largest absolute Gasteiger partial charge is 0.489 e. The highest BCUT2D eigenvalue weighted by Gasteiger charge is 2.27. The number of nitrogens with zero attached hydrogens (tertiary/aromatic N) is 2. The van der Waals surface area contributed by atoms with Gasteiger partial charge in [-0.3, -0.25) is 4.79 Å². The third kappa shape index (κ3) is 5.00. The van der Waals surface area contributed by atoms with Gasteiger partial charge in [0.05, 0.1) is 12.2 Å². The lowest BCUT2D eigenvalue weighted by atomic mass is 10.0. The zero-order valence-electron chi connectivity index (χ0n) is 16.6. The van der Waals surface area contributed by atoms with Crippen LogP contribution in [0.25, 0.3) is 0 Å². The molecule has 0 radical (unpaired) electrons. The maximum absolute atomic E-state index is 13.0. The van der Waals surface area contributed by atoms with Crippen LogP contribution >= 0.6 is 11.6 Å². The number of amides is 1. The Balaban J connectivity index is 1.36. The van der Waals surface area contributed by atoms with E-state index in [-0.39, 0.29) is 12.0 Å². The Bertz CT molecular complexity index is 664. The van der Waals surface area contributed by atoms with Gasteiger partial charge in [-0.2, -0.15) is 0 Å². The van der Waals surface area contributed by atoms with Crippen LogP contribution in [0.2, 0.25) is 5.02 Å². The number of carbonyl (C=O) groups excluding carboxylic acids is 1. The molecule has 154 valence electrons. The van der Waals surface area contributed by atoms with Crippen LogP contribution < -0.4 is 4.74 Å². The summed E-state index contributed by atoms with van der Waals surface area (Å²) in [5.41, 5.74) is 0.650. The fraction of sp³-hybridized carbons (Fsp3) is 0.682. The number of hydrogen-bond donors (Lipinski definition) is 0. The molecule has 1 aromatic rings. The number of benzene rings is 1. The number of likely N-dealkylation sites (tertiary alicyclic amines) is 2. The van der Waals surface area contributed by atoms with Crippen molar-refractivity contribution in [2.75, 3.05) is 45.9 Å². The molecule has 0 saturated carbocycles. The van der Waals surface area contributed by atoms with Crippen molar-refractivity contribution in [2.24, 2.45) is 5.92 Å². The van der Waals surface area contributed by atoms with E-state index in [2.05, 4.69) is 4.90 Å². The van der Waals surface area contributed by atoms with Crippen molar-refractivity contribution in [3.63, 3.8) is 0 Å². The van der Waals surface area contributed by atoms with E-state index in [1.165, 1.54) is 12.8 Å². The first-order valence-electron chi connectivity index (χ1n) is 10.7. The first kappa shape index (κ1) is 20.0. The number of halogens is 1. The molecule has 0 N–H and O–H groups in total. The van der Waals surface area contributed by atoms with Crippen molar-refractivity contribution in [1.29, 1.82) is 0 Å². The van der Waals surface area contributed by atoms with E-state index in [1.54, 1.807) is 12.1 Å². The minimum atomic E-state index is 0.0741. The van der Waals surface area contributed by atoms with Gasteiger partial charge in [0.2, 0.25) is 0 Å². The van der Waals surface area contributed by atoms with Crippen LogP contribution in [0.5, 0.6) is 5.75 Å². The van der Waals surface area contributed by atoms with Crippen molar-refractivity contribution < 1.29 is 14.3 Å². The standard InChI is InChI=1S/C22H31ClN2O3/c23-18-4-5-20(22(26)25-9-2-1-3-10-25)21(14-18)28-19-6-11-24(12-7-19)15-17-8-13-27-16-17/h4-5,14,17,19H,1-3,6-13,15-16H2/t17-/m1/s1. The van der Waals surface area contributed by atoms with Crippen LogP contribution in [0.4, 0.5) is 0 Å². The molecule has 0 spiro atoms. The second-order valence-corrected chi connectivity index (χ2v) is 8.78. The van der Waals surface area contributed by atoms with Gasteiger partial charge in [0.25, 0.3) is 5.91 Å². The van der Waals surface area contributed by atoms with Crippen molar-refractivity contribution in [3.05, 3.63) is 28.8 Å². The zero-order chi connectivity index (χ0) is 19.3. The summed E-state index contributed by atoms with van der Waals surface area (Å²) >= 11 is 6.22. The fourth-order valence-electron chi connectivity index (χ4n) is 4.52. The third-order valence-electron chi connectivity index (χ3n) is 6.19. The minimum absolute atomic E-state index is 0.0741. The Kier molecular flexibility index (Phi) is 6.76. The van der Waals surface area contributed by atoms with E-state index in [0.29, 0.717) is 22.3 Å². The van der Waals surface area contributed by atoms with Gasteiger partial charge in [-0.25, -0.2) is 0 Å². The van der Waals surface area contributed by atoms with Crippen LogP contribution in [-0.4, -0.2) is 67.7 Å². The number of carbonyl (C=O) groups is 1. The molecule has 0 bridgehead atoms. The number of piperidine rings is 2. The van der Waals surface area contributed by atoms with E-state index in [4.69, 9.17) is 21.1 Å². The molecule has 1 atom stereocenters. The molecular weight excluding hydrogens is 376 g/mol. The molecule has 3 aliphatic heterocycles. The van der Waals surface area contributed by atoms with E-state index in [9.17, 15) is 4.79 Å². The van der Waals surface area contributed by atoms with Gasteiger partial charge in [0, 0.05) is 44.4 Å². The van der Waals surface area contributed by atoms with Crippen molar-refractivity contribution in [2.45, 2.75) is 44.6 Å². The molecule has 28 heavy (non-hydrogen) atoms. The number of rotatable bonds is 5. The quantitative estimate of drug-likeness (QED) is 0.744. The molecule has 3 saturated heterocycles. The van der Waals surface area contributed by atoms with E-state index in [0.717, 1.165) is 71.6 Å². The molecule has 3 fully saturated rings. The highest BCUT2D eigenvalue weighted by atomic mass is 35.5. The first-order valence-corrected chi connectivity index (χ1v) is 11.1. The van der Waals surface area contributed by atoms with Gasteiger partial charge in [-0.05, 0) is 62.6 Å². The van der Waals surface area contributed by atoms with Crippen LogP contribution in [0.15, 0.2) is 18.2 Å². The number of hydrogen-bond acceptors (Lipinski definition) is 4. The smallest absolute Gasteiger partial charge is 0.257 e. The molecule has 1 aromatic carbocycles. The maximum Gasteiger partial charge on any atom is 0.257 e. The van der Waals surface area contributed by atoms with Crippen LogP contribution in [0.1, 0.15) is 48.9 Å². The Labute approximate surface area is 172 Å². The molecular formula is C22H31ClN2O3. The van der Waals surface area contributed by atoms with Crippen molar-refractivity contribution >= 4 is 17.5 Å². The van der Waals surface area contributed by atoms with Crippen LogP contribution in [0, 0.1) is 5.92 Å². The Morgan fingerprint density at radius 3 is 2.61 bits per heavy atom. The molecule has 1 amide bonds. The lowest BCUT2D eigenvalue weighted by molar-refractivity contribution is 0.0697. The lowest BCUT2D eigenvalue weighted by Crippen LogP contribution is -2.41. The first-order chi connectivity index (χ1) is 13.7. The van der Waals surface area contributed by atoms with Gasteiger partial charge < -0.3 is 19.3 Å². The van der Waals surface area contributed by atoms with Crippen molar-refractivity contribution in [1.82, 2.24) is 9.80 Å². The van der Waals surface area contributed by atoms with Gasteiger partial charge >= 0.3 is 0 Å². The maximum atomic E-state index is 13.0. The summed E-state index contributed by atoms with van der Waals surface area (Å²) in [6.07, 6.45) is 6.66. The summed E-state index contributed by atoms with van der Waals surface area (Å²) in [6.45, 7) is 6.69. The molecule has 0 aliphatic carbocycles. The summed E-state index contributed by atoms with van der Waals surface area (Å²) in [4.78, 5) is 17.5. The molecule has 3 heterocycles. The summed E-state index contributed by atoms with van der Waals surface area (Å²) in [6, 6.07) is 5.42. The predicted octanol–water partition coefficient (Wildman–Crippen LogP) is 3.85. The van der Waals surface area contributed by atoms with Gasteiger partial charge in [0.15, 0.2) is 0 Å². The lowest BCUT2D eigenvalue weighted by Gasteiger charge is -2.34. The van der Waals surface area contributed by atoms with Gasteiger partial charge in [-0.15, -0.1) is 0 Å². The van der Waals surface area contributed by atoms with Crippen molar-refractivity contribution in [3.8, 4) is 5.75 Å². The summed E-state index contributed by atoms with van der Waals surface area (Å²) < 4.78 is 11.8.